The molecule has 0 fully saturated rings. The summed E-state index contributed by atoms with van der Waals surface area (Å²) >= 11 is 0. The van der Waals surface area contributed by atoms with Gasteiger partial charge >= 0.3 is 0 Å². The van der Waals surface area contributed by atoms with Gasteiger partial charge in [-0.1, -0.05) is 6.07 Å². The van der Waals surface area contributed by atoms with Crippen molar-refractivity contribution in [3.05, 3.63) is 60.7 Å². The van der Waals surface area contributed by atoms with Crippen molar-refractivity contribution in [3.8, 4) is 5.69 Å². The molecule has 1 aromatic carbocycles. The number of rotatable bonds is 3. The minimum absolute atomic E-state index is 0.249. The van der Waals surface area contributed by atoms with Crippen molar-refractivity contribution in [2.24, 2.45) is 0 Å². The van der Waals surface area contributed by atoms with Crippen molar-refractivity contribution in [2.45, 2.75) is 0 Å². The van der Waals surface area contributed by atoms with E-state index in [0.29, 0.717) is 11.4 Å². The monoisotopic (exact) mass is 266 g/mol. The Morgan fingerprint density at radius 1 is 1.10 bits per heavy atom. The van der Waals surface area contributed by atoms with Crippen molar-refractivity contribution < 1.29 is 4.79 Å². The van der Waals surface area contributed by atoms with Crippen LogP contribution in [0.25, 0.3) is 5.69 Å². The molecule has 0 aliphatic heterocycles. The maximum absolute atomic E-state index is 11.9. The van der Waals surface area contributed by atoms with Crippen LogP contribution in [-0.2, 0) is 0 Å². The Labute approximate surface area is 114 Å². The van der Waals surface area contributed by atoms with Crippen LogP contribution < -0.4 is 5.32 Å². The van der Waals surface area contributed by atoms with E-state index in [9.17, 15) is 4.79 Å². The van der Waals surface area contributed by atoms with Crippen molar-refractivity contribution >= 4 is 11.6 Å². The first-order valence-corrected chi connectivity index (χ1v) is 5.89. The lowest BCUT2D eigenvalue weighted by atomic mass is 10.2. The second-order valence-electron chi connectivity index (χ2n) is 3.97. The van der Waals surface area contributed by atoms with Gasteiger partial charge in [0.1, 0.15) is 12.0 Å². The number of hydrogen-bond acceptors (Lipinski definition) is 5. The van der Waals surface area contributed by atoms with Crippen LogP contribution in [0.3, 0.4) is 0 Å². The Bertz CT molecular complexity index is 693. The maximum atomic E-state index is 11.9. The average molecular weight is 266 g/mol. The summed E-state index contributed by atoms with van der Waals surface area (Å²) in [5.41, 5.74) is 1.86. The average Bonchev–Trinajstić information content (AvgIpc) is 3.03. The highest BCUT2D eigenvalue weighted by atomic mass is 16.1. The first kappa shape index (κ1) is 12.0. The number of carbonyl (C=O) groups is 1. The van der Waals surface area contributed by atoms with E-state index in [1.54, 1.807) is 36.5 Å². The molecule has 0 atom stereocenters. The van der Waals surface area contributed by atoms with Gasteiger partial charge in [-0.05, 0) is 46.8 Å². The minimum atomic E-state index is -0.249. The number of aromatic nitrogens is 5. The second kappa shape index (κ2) is 5.27. The first-order valence-electron chi connectivity index (χ1n) is 5.89. The molecular formula is C13H10N6O. The zero-order valence-corrected chi connectivity index (χ0v) is 10.3. The van der Waals surface area contributed by atoms with Crippen LogP contribution in [0.15, 0.2) is 55.0 Å². The van der Waals surface area contributed by atoms with E-state index in [2.05, 4.69) is 25.8 Å². The molecule has 3 rings (SSSR count). The van der Waals surface area contributed by atoms with Crippen molar-refractivity contribution in [2.75, 3.05) is 5.32 Å². The molecule has 7 heteroatoms. The number of nitrogens with zero attached hydrogens (tertiary/aromatic N) is 5. The normalized spacial score (nSPS) is 10.2. The van der Waals surface area contributed by atoms with Gasteiger partial charge in [0.2, 0.25) is 0 Å². The highest BCUT2D eigenvalue weighted by molar-refractivity contribution is 6.02. The molecule has 0 spiro atoms. The van der Waals surface area contributed by atoms with Gasteiger partial charge in [0.25, 0.3) is 5.91 Å². The lowest BCUT2D eigenvalue weighted by molar-refractivity contribution is 0.102. The summed E-state index contributed by atoms with van der Waals surface area (Å²) in [6.45, 7) is 0. The lowest BCUT2D eigenvalue weighted by Crippen LogP contribution is -2.13. The van der Waals surface area contributed by atoms with E-state index in [1.165, 1.54) is 11.0 Å². The number of nitrogens with one attached hydrogen (secondary N) is 1. The van der Waals surface area contributed by atoms with Crippen molar-refractivity contribution in [1.29, 1.82) is 0 Å². The van der Waals surface area contributed by atoms with Gasteiger partial charge < -0.3 is 5.32 Å². The van der Waals surface area contributed by atoms with Crippen LogP contribution in [0.2, 0.25) is 0 Å². The number of hydrogen-bond donors (Lipinski definition) is 1. The Balaban J connectivity index is 1.74. The van der Waals surface area contributed by atoms with E-state index in [4.69, 9.17) is 0 Å². The van der Waals surface area contributed by atoms with Crippen LogP contribution in [0.1, 0.15) is 10.5 Å². The van der Waals surface area contributed by atoms with Gasteiger partial charge in [-0.2, -0.15) is 0 Å². The summed E-state index contributed by atoms with van der Waals surface area (Å²) in [5.74, 6) is -0.249. The molecule has 0 aliphatic carbocycles. The largest absolute Gasteiger partial charge is 0.321 e. The van der Waals surface area contributed by atoms with Crippen molar-refractivity contribution in [1.82, 2.24) is 25.2 Å². The van der Waals surface area contributed by atoms with Crippen LogP contribution >= 0.6 is 0 Å². The molecule has 20 heavy (non-hydrogen) atoms. The highest BCUT2D eigenvalue weighted by Gasteiger charge is 2.06. The number of carbonyl (C=O) groups excluding carboxylic acids is 1. The molecule has 7 nitrogen and oxygen atoms in total. The van der Waals surface area contributed by atoms with E-state index >= 15 is 0 Å². The summed E-state index contributed by atoms with van der Waals surface area (Å²) < 4.78 is 1.53. The van der Waals surface area contributed by atoms with Gasteiger partial charge in [0, 0.05) is 11.9 Å². The second-order valence-corrected chi connectivity index (χ2v) is 3.97. The fraction of sp³-hybridized carbons (Fsp3) is 0. The molecule has 0 bridgehead atoms. The first-order chi connectivity index (χ1) is 9.83. The lowest BCUT2D eigenvalue weighted by Gasteiger charge is -2.05. The SMILES string of the molecule is O=C(Nc1ccc(-n2cnnn2)cc1)c1ccccn1. The summed E-state index contributed by atoms with van der Waals surface area (Å²) in [6, 6.07) is 12.4. The number of tetrazole rings is 1. The Kier molecular flexibility index (Phi) is 3.15. The molecule has 0 unspecified atom stereocenters. The standard InChI is InChI=1S/C13H10N6O/c20-13(12-3-1-2-8-14-12)16-10-4-6-11(7-5-10)19-9-15-17-18-19/h1-9H,(H,16,20). The van der Waals surface area contributed by atoms with E-state index in [-0.39, 0.29) is 5.91 Å². The van der Waals surface area contributed by atoms with E-state index in [0.717, 1.165) is 5.69 Å². The van der Waals surface area contributed by atoms with Gasteiger partial charge in [-0.25, -0.2) is 4.68 Å². The van der Waals surface area contributed by atoms with Crippen LogP contribution in [0, 0.1) is 0 Å². The highest BCUT2D eigenvalue weighted by Crippen LogP contribution is 2.12. The molecule has 0 saturated heterocycles. The summed E-state index contributed by atoms with van der Waals surface area (Å²) in [4.78, 5) is 15.9. The summed E-state index contributed by atoms with van der Waals surface area (Å²) in [5, 5.41) is 13.7. The zero-order valence-electron chi connectivity index (χ0n) is 10.3. The molecule has 0 saturated carbocycles. The molecular weight excluding hydrogens is 256 g/mol. The Morgan fingerprint density at radius 3 is 2.60 bits per heavy atom. The Morgan fingerprint density at radius 2 is 1.95 bits per heavy atom. The molecule has 0 radical (unpaired) electrons. The third-order valence-corrected chi connectivity index (χ3v) is 2.64. The molecule has 1 amide bonds. The molecule has 3 aromatic rings. The molecule has 0 aliphatic rings. The smallest absolute Gasteiger partial charge is 0.274 e. The Hall–Kier alpha value is -3.09. The van der Waals surface area contributed by atoms with Crippen molar-refractivity contribution in [3.63, 3.8) is 0 Å². The van der Waals surface area contributed by atoms with Crippen LogP contribution in [0.4, 0.5) is 5.69 Å². The number of pyridine rings is 1. The molecule has 2 aromatic heterocycles. The van der Waals surface area contributed by atoms with Gasteiger partial charge in [0.15, 0.2) is 0 Å². The predicted molar refractivity (Wildman–Crippen MR) is 71.3 cm³/mol. The fourth-order valence-corrected chi connectivity index (χ4v) is 1.67. The zero-order chi connectivity index (χ0) is 13.8. The minimum Gasteiger partial charge on any atom is -0.321 e. The predicted octanol–water partition coefficient (Wildman–Crippen LogP) is 1.31. The summed E-state index contributed by atoms with van der Waals surface area (Å²) in [7, 11) is 0. The quantitative estimate of drug-likeness (QED) is 0.772. The van der Waals surface area contributed by atoms with E-state index in [1.807, 2.05) is 12.1 Å². The van der Waals surface area contributed by atoms with Gasteiger partial charge in [-0.15, -0.1) is 5.10 Å². The van der Waals surface area contributed by atoms with Gasteiger partial charge in [0.05, 0.1) is 5.69 Å². The van der Waals surface area contributed by atoms with Crippen LogP contribution in [-0.4, -0.2) is 31.1 Å². The van der Waals surface area contributed by atoms with Crippen LogP contribution in [0.5, 0.6) is 0 Å². The van der Waals surface area contributed by atoms with Gasteiger partial charge in [-0.3, -0.25) is 9.78 Å². The molecule has 1 N–H and O–H groups in total. The maximum Gasteiger partial charge on any atom is 0.274 e. The molecule has 2 heterocycles. The topological polar surface area (TPSA) is 85.6 Å². The summed E-state index contributed by atoms with van der Waals surface area (Å²) in [6.07, 6.45) is 3.08. The molecule has 98 valence electrons. The third-order valence-electron chi connectivity index (χ3n) is 2.64. The van der Waals surface area contributed by atoms with E-state index < -0.39 is 0 Å². The third kappa shape index (κ3) is 2.51. The number of anilines is 1. The number of amides is 1. The number of benzene rings is 1. The fourth-order valence-electron chi connectivity index (χ4n) is 1.67.